The molecule has 1 N–H and O–H groups in total. The maximum atomic E-state index is 9.09. The van der Waals surface area contributed by atoms with Crippen LogP contribution in [0.5, 0.6) is 5.75 Å². The second kappa shape index (κ2) is 7.16. The normalized spacial score (nSPS) is 12.5. The molecule has 0 bridgehead atoms. The Labute approximate surface area is 116 Å². The van der Waals surface area contributed by atoms with Crippen molar-refractivity contribution >= 4 is 0 Å². The molecular formula is C16H24N2O. The van der Waals surface area contributed by atoms with Crippen LogP contribution in [-0.4, -0.2) is 18.7 Å². The lowest BCUT2D eigenvalue weighted by atomic mass is 10.0. The van der Waals surface area contributed by atoms with Gasteiger partial charge in [-0.15, -0.1) is 0 Å². The Kier molecular flexibility index (Phi) is 5.85. The fourth-order valence-corrected chi connectivity index (χ4v) is 1.94. The fraction of sp³-hybridized carbons (Fsp3) is 0.562. The first-order chi connectivity index (χ1) is 8.93. The highest BCUT2D eigenvalue weighted by molar-refractivity contribution is 5.39. The summed E-state index contributed by atoms with van der Waals surface area (Å²) in [5, 5.41) is 12.3. The monoisotopic (exact) mass is 260 g/mol. The van der Waals surface area contributed by atoms with E-state index in [0.717, 1.165) is 5.75 Å². The van der Waals surface area contributed by atoms with Gasteiger partial charge < -0.3 is 4.74 Å². The summed E-state index contributed by atoms with van der Waals surface area (Å²) in [4.78, 5) is 0. The Balaban J connectivity index is 2.76. The lowest BCUT2D eigenvalue weighted by Crippen LogP contribution is -2.38. The SMILES string of the molecule is Cc1ccc(C(C)C)c(OCC(C#N)NC(C)C)c1. The van der Waals surface area contributed by atoms with Crippen molar-refractivity contribution in [1.82, 2.24) is 5.32 Å². The topological polar surface area (TPSA) is 45.0 Å². The van der Waals surface area contributed by atoms with Gasteiger partial charge in [-0.1, -0.05) is 26.0 Å². The average molecular weight is 260 g/mol. The summed E-state index contributed by atoms with van der Waals surface area (Å²) < 4.78 is 5.85. The van der Waals surface area contributed by atoms with Crippen LogP contribution in [0.2, 0.25) is 0 Å². The maximum Gasteiger partial charge on any atom is 0.130 e. The Morgan fingerprint density at radius 2 is 1.95 bits per heavy atom. The van der Waals surface area contributed by atoms with E-state index in [2.05, 4.69) is 37.4 Å². The smallest absolute Gasteiger partial charge is 0.130 e. The number of ether oxygens (including phenoxy) is 1. The molecule has 0 aromatic heterocycles. The number of nitrogens with one attached hydrogen (secondary N) is 1. The lowest BCUT2D eigenvalue weighted by molar-refractivity contribution is 0.279. The number of hydrogen-bond donors (Lipinski definition) is 1. The summed E-state index contributed by atoms with van der Waals surface area (Å²) >= 11 is 0. The van der Waals surface area contributed by atoms with Gasteiger partial charge in [0.2, 0.25) is 0 Å². The molecule has 104 valence electrons. The highest BCUT2D eigenvalue weighted by atomic mass is 16.5. The van der Waals surface area contributed by atoms with Crippen molar-refractivity contribution in [2.75, 3.05) is 6.61 Å². The van der Waals surface area contributed by atoms with Gasteiger partial charge in [-0.3, -0.25) is 5.32 Å². The van der Waals surface area contributed by atoms with Crippen LogP contribution in [0, 0.1) is 18.3 Å². The van der Waals surface area contributed by atoms with Crippen LogP contribution in [-0.2, 0) is 0 Å². The molecule has 0 aliphatic heterocycles. The minimum Gasteiger partial charge on any atom is -0.491 e. The molecule has 0 saturated heterocycles. The third-order valence-corrected chi connectivity index (χ3v) is 2.89. The zero-order valence-electron chi connectivity index (χ0n) is 12.5. The Morgan fingerprint density at radius 1 is 1.26 bits per heavy atom. The fourth-order valence-electron chi connectivity index (χ4n) is 1.94. The van der Waals surface area contributed by atoms with E-state index < -0.39 is 0 Å². The number of nitriles is 1. The maximum absolute atomic E-state index is 9.09. The number of benzene rings is 1. The molecule has 1 aromatic carbocycles. The van der Waals surface area contributed by atoms with Crippen molar-refractivity contribution < 1.29 is 4.74 Å². The minimum absolute atomic E-state index is 0.273. The van der Waals surface area contributed by atoms with E-state index in [1.807, 2.05) is 26.8 Å². The van der Waals surface area contributed by atoms with Gasteiger partial charge in [0, 0.05) is 6.04 Å². The molecule has 1 unspecified atom stereocenters. The van der Waals surface area contributed by atoms with Gasteiger partial charge in [-0.05, 0) is 43.9 Å². The third kappa shape index (κ3) is 4.92. The average Bonchev–Trinajstić information content (AvgIpc) is 2.33. The third-order valence-electron chi connectivity index (χ3n) is 2.89. The summed E-state index contributed by atoms with van der Waals surface area (Å²) in [6.45, 7) is 10.8. The first-order valence-corrected chi connectivity index (χ1v) is 6.83. The molecule has 0 aliphatic rings. The molecule has 0 amide bonds. The predicted octanol–water partition coefficient (Wildman–Crippen LogP) is 3.39. The Morgan fingerprint density at radius 3 is 2.47 bits per heavy atom. The van der Waals surface area contributed by atoms with E-state index in [9.17, 15) is 0 Å². The highest BCUT2D eigenvalue weighted by Gasteiger charge is 2.12. The first kappa shape index (κ1) is 15.5. The number of rotatable bonds is 6. The van der Waals surface area contributed by atoms with E-state index in [-0.39, 0.29) is 12.1 Å². The molecule has 0 heterocycles. The Hall–Kier alpha value is -1.53. The lowest BCUT2D eigenvalue weighted by Gasteiger charge is -2.18. The van der Waals surface area contributed by atoms with E-state index in [4.69, 9.17) is 10.00 Å². The predicted molar refractivity (Wildman–Crippen MR) is 78.4 cm³/mol. The van der Waals surface area contributed by atoms with Crippen molar-refractivity contribution in [3.63, 3.8) is 0 Å². The first-order valence-electron chi connectivity index (χ1n) is 6.83. The molecule has 19 heavy (non-hydrogen) atoms. The van der Waals surface area contributed by atoms with Crippen LogP contribution >= 0.6 is 0 Å². The molecule has 1 aromatic rings. The highest BCUT2D eigenvalue weighted by Crippen LogP contribution is 2.27. The van der Waals surface area contributed by atoms with Gasteiger partial charge in [0.25, 0.3) is 0 Å². The second-order valence-electron chi connectivity index (χ2n) is 5.51. The summed E-state index contributed by atoms with van der Waals surface area (Å²) in [7, 11) is 0. The zero-order valence-corrected chi connectivity index (χ0v) is 12.5. The van der Waals surface area contributed by atoms with E-state index in [1.54, 1.807) is 0 Å². The number of aryl methyl sites for hydroxylation is 1. The van der Waals surface area contributed by atoms with Gasteiger partial charge >= 0.3 is 0 Å². The Bertz CT molecular complexity index is 447. The van der Waals surface area contributed by atoms with E-state index >= 15 is 0 Å². The van der Waals surface area contributed by atoms with Crippen molar-refractivity contribution in [3.05, 3.63) is 29.3 Å². The van der Waals surface area contributed by atoms with Crippen LogP contribution in [0.25, 0.3) is 0 Å². The van der Waals surface area contributed by atoms with Gasteiger partial charge in [0.05, 0.1) is 6.07 Å². The molecule has 3 nitrogen and oxygen atoms in total. The van der Waals surface area contributed by atoms with E-state index in [0.29, 0.717) is 12.5 Å². The van der Waals surface area contributed by atoms with Crippen molar-refractivity contribution in [2.45, 2.75) is 52.6 Å². The minimum atomic E-state index is -0.277. The second-order valence-corrected chi connectivity index (χ2v) is 5.51. The van der Waals surface area contributed by atoms with Gasteiger partial charge in [0.15, 0.2) is 0 Å². The van der Waals surface area contributed by atoms with Crippen molar-refractivity contribution in [1.29, 1.82) is 5.26 Å². The number of nitrogens with zero attached hydrogens (tertiary/aromatic N) is 1. The van der Waals surface area contributed by atoms with Crippen LogP contribution in [0.1, 0.15) is 44.7 Å². The molecule has 0 saturated carbocycles. The molecule has 1 atom stereocenters. The van der Waals surface area contributed by atoms with Crippen molar-refractivity contribution in [3.8, 4) is 11.8 Å². The zero-order chi connectivity index (χ0) is 14.4. The summed E-state index contributed by atoms with van der Waals surface area (Å²) in [6, 6.07) is 8.47. The van der Waals surface area contributed by atoms with E-state index in [1.165, 1.54) is 11.1 Å². The van der Waals surface area contributed by atoms with Gasteiger partial charge in [0.1, 0.15) is 18.4 Å². The summed E-state index contributed by atoms with van der Waals surface area (Å²) in [5.74, 6) is 1.30. The molecule has 0 radical (unpaired) electrons. The summed E-state index contributed by atoms with van der Waals surface area (Å²) in [6.07, 6.45) is 0. The molecule has 0 fully saturated rings. The number of hydrogen-bond acceptors (Lipinski definition) is 3. The van der Waals surface area contributed by atoms with Gasteiger partial charge in [-0.2, -0.15) is 5.26 Å². The molecular weight excluding hydrogens is 236 g/mol. The van der Waals surface area contributed by atoms with Crippen LogP contribution in [0.15, 0.2) is 18.2 Å². The molecule has 0 aliphatic carbocycles. The quantitative estimate of drug-likeness (QED) is 0.852. The van der Waals surface area contributed by atoms with Crippen molar-refractivity contribution in [2.24, 2.45) is 0 Å². The molecule has 1 rings (SSSR count). The van der Waals surface area contributed by atoms with Crippen LogP contribution < -0.4 is 10.1 Å². The van der Waals surface area contributed by atoms with Crippen LogP contribution in [0.3, 0.4) is 0 Å². The largest absolute Gasteiger partial charge is 0.491 e. The van der Waals surface area contributed by atoms with Gasteiger partial charge in [-0.25, -0.2) is 0 Å². The molecule has 3 heteroatoms. The summed E-state index contributed by atoms with van der Waals surface area (Å²) in [5.41, 5.74) is 2.36. The van der Waals surface area contributed by atoms with Crippen LogP contribution in [0.4, 0.5) is 0 Å². The molecule has 0 spiro atoms. The standard InChI is InChI=1S/C16H24N2O/c1-11(2)15-7-6-13(5)8-16(15)19-10-14(9-17)18-12(3)4/h6-8,11-12,14,18H,10H2,1-5H3.